The molecular weight excluding hydrogens is 626 g/mol. The second-order valence-electron chi connectivity index (χ2n) is 13.7. The van der Waals surface area contributed by atoms with Crippen molar-refractivity contribution in [2.24, 2.45) is 0 Å². The van der Waals surface area contributed by atoms with Gasteiger partial charge in [-0.05, 0) is 56.7 Å². The fourth-order valence-electron chi connectivity index (χ4n) is 6.02. The lowest BCUT2D eigenvalue weighted by molar-refractivity contribution is -0.155. The number of rotatable bonds is 32. The summed E-state index contributed by atoms with van der Waals surface area (Å²) in [6, 6.07) is 7.75. The van der Waals surface area contributed by atoms with E-state index in [1.165, 1.54) is 110 Å². The minimum atomic E-state index is -0.972. The van der Waals surface area contributed by atoms with Crippen LogP contribution in [-0.4, -0.2) is 47.8 Å². The lowest BCUT2D eigenvalue weighted by atomic mass is 10.0. The predicted octanol–water partition coefficient (Wildman–Crippen LogP) is 10.7. The SMILES string of the molecule is CCCCCCCCC/C=C\CC/C=C/[C@@H](OC(=O)c1ccccc1)[C@H](CO)NC(=O)[C@@H](CCCCCCCCCCCCCC)OC(C)=O. The molecule has 7 heteroatoms. The van der Waals surface area contributed by atoms with Gasteiger partial charge in [0.2, 0.25) is 0 Å². The van der Waals surface area contributed by atoms with E-state index in [1.54, 1.807) is 30.3 Å². The molecule has 0 aliphatic carbocycles. The van der Waals surface area contributed by atoms with E-state index in [4.69, 9.17) is 9.47 Å². The van der Waals surface area contributed by atoms with Crippen molar-refractivity contribution in [3.63, 3.8) is 0 Å². The van der Waals surface area contributed by atoms with Crippen LogP contribution in [0.4, 0.5) is 0 Å². The highest BCUT2D eigenvalue weighted by atomic mass is 16.6. The summed E-state index contributed by atoms with van der Waals surface area (Å²) < 4.78 is 11.2. The second kappa shape index (κ2) is 32.0. The largest absolute Gasteiger partial charge is 0.452 e. The average molecular weight is 698 g/mol. The zero-order chi connectivity index (χ0) is 36.5. The Morgan fingerprint density at radius 1 is 0.660 bits per heavy atom. The molecule has 1 aromatic rings. The number of ether oxygens (including phenoxy) is 2. The molecule has 0 saturated heterocycles. The third-order valence-corrected chi connectivity index (χ3v) is 9.06. The molecule has 0 aliphatic rings. The summed E-state index contributed by atoms with van der Waals surface area (Å²) in [5.74, 6) is -1.57. The Balaban J connectivity index is 2.66. The molecule has 0 heterocycles. The normalized spacial score (nSPS) is 13.4. The number of hydrogen-bond donors (Lipinski definition) is 2. The third-order valence-electron chi connectivity index (χ3n) is 9.06. The van der Waals surface area contributed by atoms with Crippen LogP contribution in [0.5, 0.6) is 0 Å². The van der Waals surface area contributed by atoms with E-state index >= 15 is 0 Å². The lowest BCUT2D eigenvalue weighted by Crippen LogP contribution is -2.50. The molecular formula is C43H71NO6. The van der Waals surface area contributed by atoms with Crippen LogP contribution in [0.25, 0.3) is 0 Å². The molecule has 7 nitrogen and oxygen atoms in total. The Bertz CT molecular complexity index is 1040. The summed E-state index contributed by atoms with van der Waals surface area (Å²) in [4.78, 5) is 38.2. The van der Waals surface area contributed by atoms with Crippen LogP contribution in [0.3, 0.4) is 0 Å². The van der Waals surface area contributed by atoms with E-state index in [2.05, 4.69) is 31.3 Å². The Labute approximate surface area is 305 Å². The molecule has 0 radical (unpaired) electrons. The molecule has 1 amide bonds. The molecule has 50 heavy (non-hydrogen) atoms. The molecule has 0 aromatic heterocycles. The van der Waals surface area contributed by atoms with Gasteiger partial charge < -0.3 is 19.9 Å². The number of amides is 1. The molecule has 1 rings (SSSR count). The van der Waals surface area contributed by atoms with E-state index in [-0.39, 0.29) is 0 Å². The van der Waals surface area contributed by atoms with Crippen molar-refractivity contribution in [1.29, 1.82) is 0 Å². The maximum Gasteiger partial charge on any atom is 0.338 e. The average Bonchev–Trinajstić information content (AvgIpc) is 3.12. The second-order valence-corrected chi connectivity index (χ2v) is 13.7. The van der Waals surface area contributed by atoms with Gasteiger partial charge in [-0.2, -0.15) is 0 Å². The molecule has 0 aliphatic heterocycles. The molecule has 0 spiro atoms. The third kappa shape index (κ3) is 24.3. The van der Waals surface area contributed by atoms with Crippen molar-refractivity contribution < 1.29 is 29.0 Å². The first-order valence-electron chi connectivity index (χ1n) is 20.1. The molecule has 0 saturated carbocycles. The van der Waals surface area contributed by atoms with Gasteiger partial charge >= 0.3 is 11.9 Å². The van der Waals surface area contributed by atoms with Crippen molar-refractivity contribution in [3.8, 4) is 0 Å². The number of carbonyl (C=O) groups excluding carboxylic acids is 3. The number of unbranched alkanes of at least 4 members (excludes halogenated alkanes) is 19. The van der Waals surface area contributed by atoms with Gasteiger partial charge in [-0.25, -0.2) is 4.79 Å². The molecule has 0 fully saturated rings. The van der Waals surface area contributed by atoms with Crippen LogP contribution in [0.1, 0.15) is 179 Å². The van der Waals surface area contributed by atoms with Crippen LogP contribution in [0.2, 0.25) is 0 Å². The first kappa shape index (κ1) is 45.1. The van der Waals surface area contributed by atoms with E-state index in [0.717, 1.165) is 38.5 Å². The van der Waals surface area contributed by atoms with Crippen molar-refractivity contribution in [2.75, 3.05) is 6.61 Å². The van der Waals surface area contributed by atoms with E-state index in [0.29, 0.717) is 12.0 Å². The Kier molecular flexibility index (Phi) is 28.9. The minimum absolute atomic E-state index is 0.381. The summed E-state index contributed by atoms with van der Waals surface area (Å²) in [6.07, 6.45) is 32.7. The molecule has 0 unspecified atom stereocenters. The molecule has 284 valence electrons. The van der Waals surface area contributed by atoms with E-state index in [1.807, 2.05) is 12.1 Å². The van der Waals surface area contributed by atoms with Gasteiger partial charge in [-0.3, -0.25) is 9.59 Å². The first-order chi connectivity index (χ1) is 24.4. The van der Waals surface area contributed by atoms with E-state index < -0.39 is 42.7 Å². The number of hydrogen-bond acceptors (Lipinski definition) is 6. The Morgan fingerprint density at radius 2 is 1.16 bits per heavy atom. The standard InChI is InChI=1S/C43H71NO6/c1-4-6-8-10-12-14-16-18-20-21-23-25-30-34-40(50-43(48)38-32-28-27-29-33-38)39(36-45)44-42(47)41(49-37(3)46)35-31-26-24-22-19-17-15-13-11-9-7-5-2/h20-21,27-30,32-34,39-41,45H,4-19,22-26,31,35-36H2,1-3H3,(H,44,47)/b21-20-,34-30+/t39-,40+,41+/m0/s1. The van der Waals surface area contributed by atoms with Gasteiger partial charge in [-0.1, -0.05) is 159 Å². The predicted molar refractivity (Wildman–Crippen MR) is 206 cm³/mol. The maximum atomic E-state index is 13.4. The minimum Gasteiger partial charge on any atom is -0.452 e. The number of aliphatic hydroxyl groups is 1. The smallest absolute Gasteiger partial charge is 0.338 e. The quantitative estimate of drug-likeness (QED) is 0.0441. The fraction of sp³-hybridized carbons (Fsp3) is 0.698. The van der Waals surface area contributed by atoms with Gasteiger partial charge in [0, 0.05) is 6.92 Å². The Morgan fingerprint density at radius 3 is 1.70 bits per heavy atom. The van der Waals surface area contributed by atoms with Crippen LogP contribution >= 0.6 is 0 Å². The maximum absolute atomic E-state index is 13.4. The fourth-order valence-corrected chi connectivity index (χ4v) is 6.02. The van der Waals surface area contributed by atoms with Gasteiger partial charge in [0.15, 0.2) is 6.10 Å². The van der Waals surface area contributed by atoms with Crippen LogP contribution in [0.15, 0.2) is 54.6 Å². The first-order valence-corrected chi connectivity index (χ1v) is 20.1. The summed E-state index contributed by atoms with van der Waals surface area (Å²) in [5.41, 5.74) is 0.381. The van der Waals surface area contributed by atoms with Gasteiger partial charge in [0.05, 0.1) is 18.2 Å². The topological polar surface area (TPSA) is 102 Å². The summed E-state index contributed by atoms with van der Waals surface area (Å²) in [6.45, 7) is 5.33. The Hall–Kier alpha value is -2.93. The molecule has 0 bridgehead atoms. The number of carbonyl (C=O) groups is 3. The van der Waals surface area contributed by atoms with Crippen molar-refractivity contribution >= 4 is 17.8 Å². The van der Waals surface area contributed by atoms with Crippen molar-refractivity contribution in [1.82, 2.24) is 5.32 Å². The van der Waals surface area contributed by atoms with Gasteiger partial charge in [0.1, 0.15) is 6.10 Å². The van der Waals surface area contributed by atoms with Crippen molar-refractivity contribution in [2.45, 2.75) is 187 Å². The molecule has 2 N–H and O–H groups in total. The highest BCUT2D eigenvalue weighted by Crippen LogP contribution is 2.16. The molecule has 3 atom stereocenters. The summed E-state index contributed by atoms with van der Waals surface area (Å²) >= 11 is 0. The van der Waals surface area contributed by atoms with Gasteiger partial charge in [0.25, 0.3) is 5.91 Å². The van der Waals surface area contributed by atoms with Crippen LogP contribution in [-0.2, 0) is 19.1 Å². The number of benzene rings is 1. The number of nitrogens with one attached hydrogen (secondary N) is 1. The number of allylic oxidation sites excluding steroid dienone is 3. The zero-order valence-corrected chi connectivity index (χ0v) is 31.9. The monoisotopic (exact) mass is 698 g/mol. The summed E-state index contributed by atoms with van der Waals surface area (Å²) in [7, 11) is 0. The zero-order valence-electron chi connectivity index (χ0n) is 31.9. The summed E-state index contributed by atoms with van der Waals surface area (Å²) in [5, 5.41) is 13.1. The van der Waals surface area contributed by atoms with Crippen molar-refractivity contribution in [3.05, 3.63) is 60.2 Å². The molecule has 1 aromatic carbocycles. The van der Waals surface area contributed by atoms with E-state index in [9.17, 15) is 19.5 Å². The van der Waals surface area contributed by atoms with Crippen LogP contribution < -0.4 is 5.32 Å². The van der Waals surface area contributed by atoms with Gasteiger partial charge in [-0.15, -0.1) is 0 Å². The number of esters is 2. The highest BCUT2D eigenvalue weighted by Gasteiger charge is 2.29. The van der Waals surface area contributed by atoms with Crippen LogP contribution in [0, 0.1) is 0 Å². The lowest BCUT2D eigenvalue weighted by Gasteiger charge is -2.26. The number of aliphatic hydroxyl groups excluding tert-OH is 1. The highest BCUT2D eigenvalue weighted by molar-refractivity contribution is 5.89.